The lowest BCUT2D eigenvalue weighted by Crippen LogP contribution is -3.00. The number of aliphatic hydroxyl groups excluding tert-OH is 2. The zero-order valence-corrected chi connectivity index (χ0v) is 25.1. The van der Waals surface area contributed by atoms with Crippen LogP contribution in [0, 0.1) is 34.5 Å². The van der Waals surface area contributed by atoms with Crippen molar-refractivity contribution in [2.24, 2.45) is 34.5 Å². The summed E-state index contributed by atoms with van der Waals surface area (Å²) in [5, 5.41) is 23.2. The molecule has 6 rings (SSSR count). The first kappa shape index (κ1) is 27.9. The van der Waals surface area contributed by atoms with E-state index in [2.05, 4.69) is 25.8 Å². The van der Waals surface area contributed by atoms with Crippen LogP contribution in [0.15, 0.2) is 0 Å². The third-order valence-corrected chi connectivity index (χ3v) is 13.4. The van der Waals surface area contributed by atoms with Gasteiger partial charge in [0.15, 0.2) is 0 Å². The summed E-state index contributed by atoms with van der Waals surface area (Å²) in [6.07, 6.45) is 17.9. The molecule has 4 nitrogen and oxygen atoms in total. The number of halogens is 1. The van der Waals surface area contributed by atoms with E-state index in [0.717, 1.165) is 22.7 Å². The Bertz CT molecular complexity index is 766. The molecule has 0 aromatic rings. The highest BCUT2D eigenvalue weighted by Gasteiger charge is 2.65. The average Bonchev–Trinajstić information content (AvgIpc) is 2.97. The maximum atomic E-state index is 11.9. The smallest absolute Gasteiger partial charge is 0.116 e. The van der Waals surface area contributed by atoms with Crippen LogP contribution in [-0.4, -0.2) is 77.1 Å². The molecule has 6 fully saturated rings. The van der Waals surface area contributed by atoms with Gasteiger partial charge in [-0.15, -0.1) is 0 Å². The minimum Gasteiger partial charge on any atom is -1.00 e. The van der Waals surface area contributed by atoms with E-state index in [1.807, 2.05) is 0 Å². The van der Waals surface area contributed by atoms with Crippen LogP contribution in [0.2, 0.25) is 0 Å². The van der Waals surface area contributed by atoms with Crippen LogP contribution in [0.3, 0.4) is 0 Å². The van der Waals surface area contributed by atoms with Crippen LogP contribution in [0.25, 0.3) is 0 Å². The average molecular weight is 568 g/mol. The van der Waals surface area contributed by atoms with Gasteiger partial charge >= 0.3 is 0 Å². The van der Waals surface area contributed by atoms with Crippen molar-refractivity contribution in [3.8, 4) is 0 Å². The summed E-state index contributed by atoms with van der Waals surface area (Å²) in [5.41, 5.74) is 0.485. The van der Waals surface area contributed by atoms with Crippen molar-refractivity contribution in [1.29, 1.82) is 0 Å². The fourth-order valence-corrected chi connectivity index (χ4v) is 11.2. The van der Waals surface area contributed by atoms with E-state index in [-0.39, 0.29) is 34.6 Å². The third kappa shape index (κ3) is 4.38. The molecule has 10 atom stereocenters. The third-order valence-electron chi connectivity index (χ3n) is 13.4. The number of hydrogen-bond donors (Lipinski definition) is 2. The minimum atomic E-state index is -0.128. The Labute approximate surface area is 231 Å². The van der Waals surface area contributed by atoms with Crippen molar-refractivity contribution in [1.82, 2.24) is 4.90 Å². The number of hydrogen-bond acceptors (Lipinski definition) is 3. The Morgan fingerprint density at radius 2 is 1.44 bits per heavy atom. The standard InChI is InChI=1S/C31H55N2O2.BrH/c1-30-14-13-24-23(25(30)20-27(29(30)35)33(3)17-9-4-5-10-18-33)12-11-22-19-28(34)26(21-31(22,24)2)32-15-7-6-8-16-32;/h22-29,34-35H,4-21H2,1-3H3;1H/q+1;/p-1/t22-,23?,24?,25?,26-,27-,28-,29-,30-,31-;/m0./s1. The van der Waals surface area contributed by atoms with E-state index < -0.39 is 0 Å². The number of fused-ring (bicyclic) bond motifs is 5. The number of rotatable bonds is 2. The predicted octanol–water partition coefficient (Wildman–Crippen LogP) is 2.22. The molecule has 3 unspecified atom stereocenters. The molecule has 0 radical (unpaired) electrons. The quantitative estimate of drug-likeness (QED) is 0.504. The largest absolute Gasteiger partial charge is 1.00 e. The van der Waals surface area contributed by atoms with Gasteiger partial charge in [-0.1, -0.05) is 20.3 Å². The summed E-state index contributed by atoms with van der Waals surface area (Å²) in [4.78, 5) is 2.67. The molecular weight excluding hydrogens is 512 g/mol. The maximum Gasteiger partial charge on any atom is 0.116 e. The molecule has 5 heteroatoms. The van der Waals surface area contributed by atoms with Crippen molar-refractivity contribution >= 4 is 0 Å². The van der Waals surface area contributed by atoms with Crippen molar-refractivity contribution in [2.45, 2.75) is 128 Å². The van der Waals surface area contributed by atoms with Crippen molar-refractivity contribution in [3.05, 3.63) is 0 Å². The summed E-state index contributed by atoms with van der Waals surface area (Å²) in [6.45, 7) is 10.1. The van der Waals surface area contributed by atoms with Crippen LogP contribution in [0.1, 0.15) is 104 Å². The fourth-order valence-electron chi connectivity index (χ4n) is 11.2. The maximum absolute atomic E-state index is 11.9. The monoisotopic (exact) mass is 566 g/mol. The molecule has 2 aliphatic heterocycles. The molecule has 208 valence electrons. The molecule has 0 amide bonds. The zero-order chi connectivity index (χ0) is 24.4. The lowest BCUT2D eigenvalue weighted by molar-refractivity contribution is -0.935. The van der Waals surface area contributed by atoms with E-state index >= 15 is 0 Å². The highest BCUT2D eigenvalue weighted by Crippen LogP contribution is 2.67. The van der Waals surface area contributed by atoms with Gasteiger partial charge in [-0.3, -0.25) is 4.90 Å². The normalized spacial score (nSPS) is 51.2. The summed E-state index contributed by atoms with van der Waals surface area (Å²) < 4.78 is 1.13. The molecule has 4 saturated carbocycles. The second-order valence-electron chi connectivity index (χ2n) is 15.0. The number of quaternary nitrogens is 1. The molecular formula is C31H55BrN2O2. The molecule has 0 spiro atoms. The van der Waals surface area contributed by atoms with E-state index in [1.165, 1.54) is 110 Å². The SMILES string of the molecule is C[C@]12CCC3C(CC[C@H]4C[C@H](O)[C@@H](N5CCCCC5)C[C@]34C)C1C[C@H]([N+]1(C)CCCCCC1)[C@@H]2O.[Br-]. The summed E-state index contributed by atoms with van der Waals surface area (Å²) in [7, 11) is 2.49. The molecule has 2 saturated heterocycles. The van der Waals surface area contributed by atoms with E-state index in [4.69, 9.17) is 0 Å². The fraction of sp³-hybridized carbons (Fsp3) is 1.00. The first-order valence-corrected chi connectivity index (χ1v) is 15.7. The number of aliphatic hydroxyl groups is 2. The van der Waals surface area contributed by atoms with Gasteiger partial charge in [-0.25, -0.2) is 0 Å². The van der Waals surface area contributed by atoms with Gasteiger partial charge in [0.2, 0.25) is 0 Å². The van der Waals surface area contributed by atoms with Gasteiger partial charge in [0.25, 0.3) is 0 Å². The number of likely N-dealkylation sites (N-methyl/N-ethyl adjacent to an activating group) is 1. The number of nitrogens with zero attached hydrogens (tertiary/aromatic N) is 2. The topological polar surface area (TPSA) is 43.7 Å². The summed E-state index contributed by atoms with van der Waals surface area (Å²) in [5.74, 6) is 2.96. The lowest BCUT2D eigenvalue weighted by atomic mass is 9.44. The summed E-state index contributed by atoms with van der Waals surface area (Å²) >= 11 is 0. The van der Waals surface area contributed by atoms with Gasteiger partial charge in [-0.2, -0.15) is 0 Å². The van der Waals surface area contributed by atoms with E-state index in [1.54, 1.807) is 0 Å². The molecule has 0 aromatic heterocycles. The molecule has 2 heterocycles. The number of piperidine rings is 1. The first-order valence-electron chi connectivity index (χ1n) is 15.7. The summed E-state index contributed by atoms with van der Waals surface area (Å²) in [6, 6.07) is 0.828. The van der Waals surface area contributed by atoms with Gasteiger partial charge < -0.3 is 31.7 Å². The lowest BCUT2D eigenvalue weighted by Gasteiger charge is -2.62. The molecule has 0 bridgehead atoms. The second-order valence-corrected chi connectivity index (χ2v) is 15.0. The second kappa shape index (κ2) is 10.4. The van der Waals surface area contributed by atoms with Crippen molar-refractivity contribution < 1.29 is 31.7 Å². The van der Waals surface area contributed by atoms with Gasteiger partial charge in [0.05, 0.1) is 26.2 Å². The van der Waals surface area contributed by atoms with E-state index in [0.29, 0.717) is 29.3 Å². The first-order chi connectivity index (χ1) is 16.8. The Morgan fingerprint density at radius 3 is 2.14 bits per heavy atom. The van der Waals surface area contributed by atoms with Crippen molar-refractivity contribution in [2.75, 3.05) is 33.2 Å². The highest BCUT2D eigenvalue weighted by atomic mass is 79.9. The zero-order valence-electron chi connectivity index (χ0n) is 23.5. The van der Waals surface area contributed by atoms with Crippen LogP contribution < -0.4 is 17.0 Å². The predicted molar refractivity (Wildman–Crippen MR) is 142 cm³/mol. The van der Waals surface area contributed by atoms with Crippen LogP contribution in [-0.2, 0) is 0 Å². The van der Waals surface area contributed by atoms with Crippen molar-refractivity contribution in [3.63, 3.8) is 0 Å². The Balaban J connectivity index is 0.00000267. The number of likely N-dealkylation sites (tertiary alicyclic amines) is 2. The van der Waals surface area contributed by atoms with Gasteiger partial charge in [0.1, 0.15) is 12.1 Å². The molecule has 6 aliphatic rings. The minimum absolute atomic E-state index is 0. The van der Waals surface area contributed by atoms with E-state index in [9.17, 15) is 10.2 Å². The highest BCUT2D eigenvalue weighted by molar-refractivity contribution is 5.13. The van der Waals surface area contributed by atoms with Crippen LogP contribution >= 0.6 is 0 Å². The Kier molecular flexibility index (Phi) is 8.03. The van der Waals surface area contributed by atoms with Crippen LogP contribution in [0.4, 0.5) is 0 Å². The molecule has 0 aromatic carbocycles. The molecule has 36 heavy (non-hydrogen) atoms. The molecule has 4 aliphatic carbocycles. The Morgan fingerprint density at radius 1 is 0.778 bits per heavy atom. The molecule has 2 N–H and O–H groups in total. The van der Waals surface area contributed by atoms with Crippen LogP contribution in [0.5, 0.6) is 0 Å². The van der Waals surface area contributed by atoms with Gasteiger partial charge in [-0.05, 0) is 119 Å². The Hall–Kier alpha value is 0.320. The van der Waals surface area contributed by atoms with Gasteiger partial charge in [0, 0.05) is 17.9 Å².